The van der Waals surface area contributed by atoms with Crippen LogP contribution in [0.2, 0.25) is 0 Å². The van der Waals surface area contributed by atoms with Gasteiger partial charge in [0, 0.05) is 23.9 Å². The second-order valence-corrected chi connectivity index (χ2v) is 7.79. The molecule has 0 spiro atoms. The number of anilines is 2. The molecule has 0 aromatic heterocycles. The van der Waals surface area contributed by atoms with Crippen LogP contribution in [0.5, 0.6) is 11.5 Å². The minimum atomic E-state index is -0.435. The number of imide groups is 1. The Morgan fingerprint density at radius 3 is 2.32 bits per heavy atom. The number of allylic oxidation sites excluding steroid dienone is 2. The summed E-state index contributed by atoms with van der Waals surface area (Å²) < 4.78 is 10.5. The number of hydrogen-bond donors (Lipinski definition) is 1. The summed E-state index contributed by atoms with van der Waals surface area (Å²) in [4.78, 5) is 40.5. The average Bonchev–Trinajstić information content (AvgIpc) is 3.02. The Morgan fingerprint density at radius 1 is 1.00 bits per heavy atom. The highest BCUT2D eigenvalue weighted by atomic mass is 16.5. The Labute approximate surface area is 180 Å². The Kier molecular flexibility index (Phi) is 5.50. The van der Waals surface area contributed by atoms with E-state index < -0.39 is 5.91 Å². The molecular weight excluding hydrogens is 396 g/mol. The summed E-state index contributed by atoms with van der Waals surface area (Å²) in [6, 6.07) is 11.7. The third-order valence-electron chi connectivity index (χ3n) is 5.82. The Balaban J connectivity index is 1.65. The van der Waals surface area contributed by atoms with Crippen LogP contribution in [0.1, 0.15) is 30.1 Å². The monoisotopic (exact) mass is 420 g/mol. The van der Waals surface area contributed by atoms with Gasteiger partial charge in [0.1, 0.15) is 11.5 Å². The molecule has 1 aliphatic heterocycles. The van der Waals surface area contributed by atoms with Crippen LogP contribution in [-0.2, 0) is 9.59 Å². The number of para-hydroxylation sites is 1. The van der Waals surface area contributed by atoms with Gasteiger partial charge >= 0.3 is 0 Å². The molecule has 2 aliphatic rings. The van der Waals surface area contributed by atoms with Gasteiger partial charge in [0.2, 0.25) is 11.8 Å². The van der Waals surface area contributed by atoms with Crippen LogP contribution in [0, 0.1) is 11.8 Å². The molecule has 7 heteroatoms. The zero-order valence-electron chi connectivity index (χ0n) is 17.7. The van der Waals surface area contributed by atoms with Gasteiger partial charge < -0.3 is 14.8 Å². The van der Waals surface area contributed by atoms with Gasteiger partial charge in [0.25, 0.3) is 5.91 Å². The number of carbonyl (C=O) groups is 3. The first-order valence-electron chi connectivity index (χ1n) is 10.1. The van der Waals surface area contributed by atoms with Gasteiger partial charge in [-0.1, -0.05) is 23.8 Å². The number of carbonyl (C=O) groups excluding carboxylic acids is 3. The number of fused-ring (bicyclic) bond motifs is 1. The van der Waals surface area contributed by atoms with E-state index >= 15 is 0 Å². The molecule has 1 aliphatic carbocycles. The second kappa shape index (κ2) is 8.26. The molecule has 2 aromatic rings. The van der Waals surface area contributed by atoms with Crippen LogP contribution in [0.3, 0.4) is 0 Å². The third kappa shape index (κ3) is 3.79. The van der Waals surface area contributed by atoms with E-state index in [1.54, 1.807) is 42.5 Å². The number of nitrogens with zero attached hydrogens (tertiary/aromatic N) is 1. The highest BCUT2D eigenvalue weighted by Crippen LogP contribution is 2.40. The van der Waals surface area contributed by atoms with Gasteiger partial charge in [-0.15, -0.1) is 0 Å². The van der Waals surface area contributed by atoms with Crippen LogP contribution in [0.4, 0.5) is 11.4 Å². The maximum absolute atomic E-state index is 13.1. The van der Waals surface area contributed by atoms with Crippen LogP contribution in [0.25, 0.3) is 0 Å². The van der Waals surface area contributed by atoms with Gasteiger partial charge in [0.05, 0.1) is 37.3 Å². The van der Waals surface area contributed by atoms with E-state index in [2.05, 4.69) is 5.32 Å². The lowest BCUT2D eigenvalue weighted by atomic mass is 9.82. The maximum Gasteiger partial charge on any atom is 0.257 e. The summed E-state index contributed by atoms with van der Waals surface area (Å²) in [5, 5.41) is 2.81. The van der Waals surface area contributed by atoms with E-state index in [0.29, 0.717) is 35.7 Å². The van der Waals surface area contributed by atoms with Gasteiger partial charge in [-0.3, -0.25) is 14.4 Å². The fraction of sp³-hybridized carbons (Fsp3) is 0.292. The van der Waals surface area contributed by atoms with Crippen molar-refractivity contribution in [2.45, 2.75) is 19.8 Å². The Morgan fingerprint density at radius 2 is 1.65 bits per heavy atom. The predicted molar refractivity (Wildman–Crippen MR) is 116 cm³/mol. The molecule has 2 atom stereocenters. The van der Waals surface area contributed by atoms with Crippen molar-refractivity contribution in [1.29, 1.82) is 0 Å². The summed E-state index contributed by atoms with van der Waals surface area (Å²) in [5.41, 5.74) is 2.14. The lowest BCUT2D eigenvalue weighted by molar-refractivity contribution is -0.122. The minimum absolute atomic E-state index is 0.245. The fourth-order valence-corrected chi connectivity index (χ4v) is 4.21. The molecule has 1 heterocycles. The van der Waals surface area contributed by atoms with Gasteiger partial charge in [0.15, 0.2) is 0 Å². The first kappa shape index (κ1) is 20.7. The van der Waals surface area contributed by atoms with Crippen molar-refractivity contribution in [2.75, 3.05) is 24.4 Å². The van der Waals surface area contributed by atoms with Crippen LogP contribution in [-0.4, -0.2) is 31.9 Å². The van der Waals surface area contributed by atoms with E-state index in [4.69, 9.17) is 9.47 Å². The van der Waals surface area contributed by atoms with Gasteiger partial charge in [-0.25, -0.2) is 4.90 Å². The first-order valence-corrected chi connectivity index (χ1v) is 10.1. The molecular formula is C24H24N2O5. The van der Waals surface area contributed by atoms with Crippen molar-refractivity contribution < 1.29 is 23.9 Å². The molecule has 0 radical (unpaired) electrons. The van der Waals surface area contributed by atoms with Gasteiger partial charge in [-0.2, -0.15) is 0 Å². The number of rotatable bonds is 5. The molecule has 1 saturated heterocycles. The molecule has 0 bridgehead atoms. The minimum Gasteiger partial charge on any atom is -0.497 e. The summed E-state index contributed by atoms with van der Waals surface area (Å²) in [7, 11) is 3.05. The van der Waals surface area contributed by atoms with Crippen LogP contribution in [0.15, 0.2) is 54.1 Å². The maximum atomic E-state index is 13.1. The normalized spacial score (nSPS) is 20.2. The third-order valence-corrected chi connectivity index (χ3v) is 5.82. The summed E-state index contributed by atoms with van der Waals surface area (Å²) in [6.07, 6.45) is 3.14. The topological polar surface area (TPSA) is 84.9 Å². The smallest absolute Gasteiger partial charge is 0.257 e. The lowest BCUT2D eigenvalue weighted by Crippen LogP contribution is -2.33. The summed E-state index contributed by atoms with van der Waals surface area (Å²) in [6.45, 7) is 1.97. The lowest BCUT2D eigenvalue weighted by Gasteiger charge is -2.19. The molecule has 1 N–H and O–H groups in total. The van der Waals surface area contributed by atoms with E-state index in [1.165, 1.54) is 19.1 Å². The average molecular weight is 420 g/mol. The van der Waals surface area contributed by atoms with Crippen molar-refractivity contribution in [3.05, 3.63) is 59.7 Å². The zero-order chi connectivity index (χ0) is 22.1. The number of hydrogen-bond acceptors (Lipinski definition) is 5. The molecule has 7 nitrogen and oxygen atoms in total. The van der Waals surface area contributed by atoms with Crippen molar-refractivity contribution in [3.63, 3.8) is 0 Å². The van der Waals surface area contributed by atoms with Gasteiger partial charge in [-0.05, 0) is 31.9 Å². The molecule has 160 valence electrons. The zero-order valence-corrected chi connectivity index (χ0v) is 17.7. The van der Waals surface area contributed by atoms with Crippen LogP contribution < -0.4 is 19.7 Å². The number of methoxy groups -OCH3 is 2. The quantitative estimate of drug-likeness (QED) is 0.587. The number of ether oxygens (including phenoxy) is 2. The van der Waals surface area contributed by atoms with Crippen LogP contribution >= 0.6 is 0 Å². The molecule has 1 fully saturated rings. The molecule has 0 saturated carbocycles. The van der Waals surface area contributed by atoms with Crippen molar-refractivity contribution in [1.82, 2.24) is 0 Å². The standard InChI is InChI=1S/C24H24N2O5/c1-14-8-9-18-20(10-14)24(29)26(23(18)28)21-7-5-4-6-19(21)22(27)25-15-11-16(30-2)13-17(12-15)31-3/h4-8,11-13,18,20H,9-10H2,1-3H3,(H,25,27)/t18-,20+/m1/s1. The fourth-order valence-electron chi connectivity index (χ4n) is 4.21. The summed E-state index contributed by atoms with van der Waals surface area (Å²) in [5.74, 6) is -0.603. The van der Waals surface area contributed by atoms with Crippen molar-refractivity contribution in [2.24, 2.45) is 11.8 Å². The molecule has 4 rings (SSSR count). The molecule has 31 heavy (non-hydrogen) atoms. The van der Waals surface area contributed by atoms with E-state index in [0.717, 1.165) is 5.57 Å². The molecule has 2 aromatic carbocycles. The second-order valence-electron chi connectivity index (χ2n) is 7.79. The van der Waals surface area contributed by atoms with E-state index in [9.17, 15) is 14.4 Å². The number of nitrogens with one attached hydrogen (secondary N) is 1. The predicted octanol–water partition coefficient (Wildman–Crippen LogP) is 3.80. The Bertz CT molecular complexity index is 1070. The number of amides is 3. The largest absolute Gasteiger partial charge is 0.497 e. The van der Waals surface area contributed by atoms with Crippen molar-refractivity contribution in [3.8, 4) is 11.5 Å². The summed E-state index contributed by atoms with van der Waals surface area (Å²) >= 11 is 0. The van der Waals surface area contributed by atoms with E-state index in [-0.39, 0.29) is 29.2 Å². The SMILES string of the molecule is COc1cc(NC(=O)c2ccccc2N2C(=O)[C@H]3CC(C)=CC[C@H]3C2=O)cc(OC)c1. The first-order chi connectivity index (χ1) is 14.9. The Hall–Kier alpha value is -3.61. The highest BCUT2D eigenvalue weighted by Gasteiger charge is 2.49. The molecule has 3 amide bonds. The van der Waals surface area contributed by atoms with Crippen molar-refractivity contribution >= 4 is 29.1 Å². The van der Waals surface area contributed by atoms with E-state index in [1.807, 2.05) is 13.0 Å². The highest BCUT2D eigenvalue weighted by molar-refractivity contribution is 6.25. The molecule has 0 unspecified atom stereocenters. The number of benzene rings is 2.